The molecule has 1 aliphatic heterocycles. The zero-order valence-corrected chi connectivity index (χ0v) is 13.7. The molecule has 0 saturated heterocycles. The predicted octanol–water partition coefficient (Wildman–Crippen LogP) is 2.52. The van der Waals surface area contributed by atoms with Gasteiger partial charge in [0, 0.05) is 24.4 Å². The number of para-hydroxylation sites is 1. The second kappa shape index (κ2) is 8.10. The third-order valence-corrected chi connectivity index (χ3v) is 3.77. The molecule has 0 aromatic heterocycles. The molecule has 0 fully saturated rings. The third-order valence-electron chi connectivity index (χ3n) is 3.51. The van der Waals surface area contributed by atoms with Crippen LogP contribution in [0.4, 0.5) is 0 Å². The lowest BCUT2D eigenvalue weighted by Crippen LogP contribution is -2.41. The maximum absolute atomic E-state index is 11.5. The Kier molecular flexibility index (Phi) is 6.15. The minimum absolute atomic E-state index is 0.0396. The Balaban J connectivity index is 1.75. The van der Waals surface area contributed by atoms with Gasteiger partial charge in [0.05, 0.1) is 6.04 Å². The van der Waals surface area contributed by atoms with Gasteiger partial charge in [-0.2, -0.15) is 4.89 Å². The quantitative estimate of drug-likeness (QED) is 0.477. The lowest BCUT2D eigenvalue weighted by molar-refractivity contribution is -0.222. The van der Waals surface area contributed by atoms with Crippen molar-refractivity contribution in [2.24, 2.45) is 5.92 Å². The average molecular weight is 322 g/mol. The second-order valence-corrected chi connectivity index (χ2v) is 5.99. The fraction of sp³-hybridized carbons (Fsp3) is 0.500. The largest absolute Gasteiger partial charge is 0.363 e. The SMILES string of the molecule is CC(C)C(=O)CCCNC(=S)NC1COOc2ccccc21. The summed E-state index contributed by atoms with van der Waals surface area (Å²) in [5, 5.41) is 6.90. The van der Waals surface area contributed by atoms with Gasteiger partial charge in [0.2, 0.25) is 0 Å². The summed E-state index contributed by atoms with van der Waals surface area (Å²) in [6.45, 7) is 4.91. The first-order valence-electron chi connectivity index (χ1n) is 7.53. The molecule has 0 radical (unpaired) electrons. The number of hydrogen-bond acceptors (Lipinski definition) is 4. The Morgan fingerprint density at radius 3 is 2.95 bits per heavy atom. The first-order chi connectivity index (χ1) is 10.6. The summed E-state index contributed by atoms with van der Waals surface area (Å²) in [6, 6.07) is 7.65. The van der Waals surface area contributed by atoms with Crippen LogP contribution in [0, 0.1) is 5.92 Å². The fourth-order valence-electron chi connectivity index (χ4n) is 2.18. The van der Waals surface area contributed by atoms with E-state index in [9.17, 15) is 4.79 Å². The number of carbonyl (C=O) groups excluding carboxylic acids is 1. The lowest BCUT2D eigenvalue weighted by Gasteiger charge is -2.26. The molecule has 0 saturated carbocycles. The summed E-state index contributed by atoms with van der Waals surface area (Å²) in [5.74, 6) is 1.09. The number of ketones is 1. The van der Waals surface area contributed by atoms with Gasteiger partial charge in [-0.3, -0.25) is 4.79 Å². The molecule has 1 aliphatic rings. The van der Waals surface area contributed by atoms with Crippen LogP contribution in [0.1, 0.15) is 38.3 Å². The van der Waals surface area contributed by atoms with E-state index < -0.39 is 0 Å². The van der Waals surface area contributed by atoms with Crippen molar-refractivity contribution in [3.63, 3.8) is 0 Å². The van der Waals surface area contributed by atoms with Crippen LogP contribution in [0.25, 0.3) is 0 Å². The standard InChI is InChI=1S/C16H22N2O3S/c1-11(2)14(19)7-5-9-17-16(22)18-13-10-20-21-15-8-4-3-6-12(13)15/h3-4,6,8,11,13H,5,7,9-10H2,1-2H3,(H2,17,18,22). The lowest BCUT2D eigenvalue weighted by atomic mass is 10.0. The molecule has 1 heterocycles. The molecule has 5 nitrogen and oxygen atoms in total. The van der Waals surface area contributed by atoms with Gasteiger partial charge < -0.3 is 15.5 Å². The van der Waals surface area contributed by atoms with Crippen LogP contribution < -0.4 is 15.5 Å². The van der Waals surface area contributed by atoms with Crippen LogP contribution in [0.15, 0.2) is 24.3 Å². The van der Waals surface area contributed by atoms with Crippen LogP contribution in [0.5, 0.6) is 5.75 Å². The van der Waals surface area contributed by atoms with Crippen LogP contribution >= 0.6 is 12.2 Å². The Hall–Kier alpha value is -1.66. The Labute approximate surface area is 136 Å². The van der Waals surface area contributed by atoms with Gasteiger partial charge in [-0.1, -0.05) is 32.0 Å². The molecule has 1 unspecified atom stereocenters. The topological polar surface area (TPSA) is 59.6 Å². The van der Waals surface area contributed by atoms with Gasteiger partial charge in [-0.15, -0.1) is 0 Å². The summed E-state index contributed by atoms with van der Waals surface area (Å²) in [6.07, 6.45) is 1.36. The highest BCUT2D eigenvalue weighted by atomic mass is 32.1. The van der Waals surface area contributed by atoms with Gasteiger partial charge in [0.25, 0.3) is 0 Å². The monoisotopic (exact) mass is 322 g/mol. The second-order valence-electron chi connectivity index (χ2n) is 5.58. The van der Waals surface area contributed by atoms with Gasteiger partial charge in [-0.05, 0) is 24.7 Å². The zero-order chi connectivity index (χ0) is 15.9. The van der Waals surface area contributed by atoms with Crippen LogP contribution in [-0.2, 0) is 9.68 Å². The van der Waals surface area contributed by atoms with Crippen molar-refractivity contribution in [3.05, 3.63) is 29.8 Å². The van der Waals surface area contributed by atoms with E-state index in [1.54, 1.807) is 0 Å². The number of benzene rings is 1. The smallest absolute Gasteiger partial charge is 0.170 e. The summed E-state index contributed by atoms with van der Waals surface area (Å²) in [4.78, 5) is 21.8. The van der Waals surface area contributed by atoms with Gasteiger partial charge >= 0.3 is 0 Å². The molecule has 2 N–H and O–H groups in total. The average Bonchev–Trinajstić information content (AvgIpc) is 2.51. The number of nitrogens with one attached hydrogen (secondary N) is 2. The van der Waals surface area contributed by atoms with Gasteiger partial charge in [-0.25, -0.2) is 0 Å². The normalized spacial score (nSPS) is 16.6. The number of carbonyl (C=O) groups is 1. The summed E-state index contributed by atoms with van der Waals surface area (Å²) < 4.78 is 0. The van der Waals surface area contributed by atoms with E-state index in [4.69, 9.17) is 22.0 Å². The third kappa shape index (κ3) is 4.68. The molecule has 0 aliphatic carbocycles. The number of hydrogen-bond donors (Lipinski definition) is 2. The molecular formula is C16H22N2O3S. The van der Waals surface area contributed by atoms with Crippen molar-refractivity contribution >= 4 is 23.1 Å². The fourth-order valence-corrected chi connectivity index (χ4v) is 2.43. The van der Waals surface area contributed by atoms with Crippen molar-refractivity contribution in [2.75, 3.05) is 13.2 Å². The summed E-state index contributed by atoms with van der Waals surface area (Å²) in [5.41, 5.74) is 1.02. The van der Waals surface area contributed by atoms with E-state index in [0.717, 1.165) is 12.0 Å². The first kappa shape index (κ1) is 16.7. The molecule has 120 valence electrons. The van der Waals surface area contributed by atoms with Crippen LogP contribution in [0.2, 0.25) is 0 Å². The molecule has 1 aromatic rings. The molecule has 0 spiro atoms. The minimum Gasteiger partial charge on any atom is -0.363 e. The number of rotatable bonds is 6. The first-order valence-corrected chi connectivity index (χ1v) is 7.94. The molecular weight excluding hydrogens is 300 g/mol. The number of fused-ring (bicyclic) bond motifs is 1. The predicted molar refractivity (Wildman–Crippen MR) is 88.6 cm³/mol. The van der Waals surface area contributed by atoms with Crippen molar-refractivity contribution in [1.82, 2.24) is 10.6 Å². The van der Waals surface area contributed by atoms with Crippen LogP contribution in [0.3, 0.4) is 0 Å². The maximum atomic E-state index is 11.5. The Bertz CT molecular complexity index is 534. The van der Waals surface area contributed by atoms with Crippen molar-refractivity contribution in [1.29, 1.82) is 0 Å². The van der Waals surface area contributed by atoms with Crippen molar-refractivity contribution in [2.45, 2.75) is 32.7 Å². The number of Topliss-reactive ketones (excluding diaryl/α,β-unsaturated/α-hetero) is 1. The van der Waals surface area contributed by atoms with E-state index in [2.05, 4.69) is 10.6 Å². The van der Waals surface area contributed by atoms with E-state index >= 15 is 0 Å². The molecule has 0 bridgehead atoms. The minimum atomic E-state index is -0.0396. The van der Waals surface area contributed by atoms with Gasteiger partial charge in [0.15, 0.2) is 10.9 Å². The number of thiocarbonyl (C=S) groups is 1. The van der Waals surface area contributed by atoms with E-state index in [1.165, 1.54) is 0 Å². The highest BCUT2D eigenvalue weighted by Gasteiger charge is 2.22. The molecule has 22 heavy (non-hydrogen) atoms. The van der Waals surface area contributed by atoms with Crippen molar-refractivity contribution < 1.29 is 14.6 Å². The van der Waals surface area contributed by atoms with Gasteiger partial charge in [0.1, 0.15) is 12.4 Å². The molecule has 0 amide bonds. The molecule has 6 heteroatoms. The molecule has 2 rings (SSSR count). The maximum Gasteiger partial charge on any atom is 0.170 e. The highest BCUT2D eigenvalue weighted by Crippen LogP contribution is 2.29. The molecule has 1 aromatic carbocycles. The summed E-state index contributed by atoms with van der Waals surface area (Å²) >= 11 is 5.29. The highest BCUT2D eigenvalue weighted by molar-refractivity contribution is 7.80. The van der Waals surface area contributed by atoms with Crippen molar-refractivity contribution in [3.8, 4) is 5.75 Å². The Morgan fingerprint density at radius 1 is 1.41 bits per heavy atom. The Morgan fingerprint density at radius 2 is 2.18 bits per heavy atom. The summed E-state index contributed by atoms with van der Waals surface area (Å²) in [7, 11) is 0. The zero-order valence-electron chi connectivity index (χ0n) is 12.9. The van der Waals surface area contributed by atoms with E-state index in [0.29, 0.717) is 30.4 Å². The van der Waals surface area contributed by atoms with E-state index in [1.807, 2.05) is 38.1 Å². The van der Waals surface area contributed by atoms with Crippen LogP contribution in [-0.4, -0.2) is 24.0 Å². The van der Waals surface area contributed by atoms with E-state index in [-0.39, 0.29) is 17.7 Å². The molecule has 1 atom stereocenters.